The maximum absolute atomic E-state index is 5.93. The van der Waals surface area contributed by atoms with E-state index < -0.39 is 0 Å². The van der Waals surface area contributed by atoms with Crippen LogP contribution in [0.15, 0.2) is 78.9 Å². The minimum atomic E-state index is 0. The van der Waals surface area contributed by atoms with Gasteiger partial charge in [0.05, 0.1) is 0 Å². The van der Waals surface area contributed by atoms with Gasteiger partial charge in [0, 0.05) is 6.04 Å². The van der Waals surface area contributed by atoms with Crippen LogP contribution in [0.2, 0.25) is 0 Å². The number of ether oxygens (including phenoxy) is 2. The van der Waals surface area contributed by atoms with Crippen LogP contribution < -0.4 is 14.8 Å². The standard InChI is InChI=1S/C23H23NO2.ClH/c1-2-5-18(6-3-1)19-8-10-22(11-9-19)26-23-14-12-21(13-15-23)25-17-20-7-4-16-24-20;/h1-3,5-6,8-15,20,24H,4,7,16-17H2;1H/t20-;/m1./s1. The second-order valence-corrected chi connectivity index (χ2v) is 6.57. The average Bonchev–Trinajstić information content (AvgIpc) is 3.22. The fourth-order valence-electron chi connectivity index (χ4n) is 3.18. The van der Waals surface area contributed by atoms with Crippen molar-refractivity contribution < 1.29 is 9.47 Å². The lowest BCUT2D eigenvalue weighted by molar-refractivity contribution is 0.277. The van der Waals surface area contributed by atoms with Gasteiger partial charge in [-0.15, -0.1) is 12.4 Å². The number of benzene rings is 3. The molecule has 0 spiro atoms. The molecule has 140 valence electrons. The molecule has 1 N–H and O–H groups in total. The molecule has 0 saturated carbocycles. The molecule has 1 atom stereocenters. The van der Waals surface area contributed by atoms with Crippen LogP contribution in [-0.2, 0) is 0 Å². The molecule has 0 bridgehead atoms. The van der Waals surface area contributed by atoms with Crippen molar-refractivity contribution >= 4 is 12.4 Å². The molecule has 3 nitrogen and oxygen atoms in total. The zero-order valence-electron chi connectivity index (χ0n) is 15.1. The molecule has 0 aliphatic carbocycles. The summed E-state index contributed by atoms with van der Waals surface area (Å²) in [5.74, 6) is 2.52. The van der Waals surface area contributed by atoms with Gasteiger partial charge in [0.2, 0.25) is 0 Å². The fraction of sp³-hybridized carbons (Fsp3) is 0.217. The van der Waals surface area contributed by atoms with Gasteiger partial charge in [-0.25, -0.2) is 0 Å². The molecular weight excluding hydrogens is 358 g/mol. The predicted molar refractivity (Wildman–Crippen MR) is 112 cm³/mol. The van der Waals surface area contributed by atoms with Crippen molar-refractivity contribution in [2.24, 2.45) is 0 Å². The zero-order chi connectivity index (χ0) is 17.6. The molecule has 0 radical (unpaired) electrons. The van der Waals surface area contributed by atoms with Crippen molar-refractivity contribution in [3.8, 4) is 28.4 Å². The Kier molecular flexibility index (Phi) is 6.74. The van der Waals surface area contributed by atoms with Crippen molar-refractivity contribution in [2.75, 3.05) is 13.2 Å². The summed E-state index contributed by atoms with van der Waals surface area (Å²) in [6.45, 7) is 1.82. The third-order valence-corrected chi connectivity index (χ3v) is 4.63. The Labute approximate surface area is 166 Å². The summed E-state index contributed by atoms with van der Waals surface area (Å²) in [5, 5.41) is 3.44. The number of hydrogen-bond acceptors (Lipinski definition) is 3. The minimum Gasteiger partial charge on any atom is -0.492 e. The van der Waals surface area contributed by atoms with Crippen LogP contribution in [-0.4, -0.2) is 19.2 Å². The molecule has 1 heterocycles. The SMILES string of the molecule is Cl.c1ccc(-c2ccc(Oc3ccc(OC[C@H]4CCCN4)cc3)cc2)cc1. The molecule has 0 amide bonds. The topological polar surface area (TPSA) is 30.5 Å². The Morgan fingerprint density at radius 3 is 1.96 bits per heavy atom. The van der Waals surface area contributed by atoms with E-state index in [4.69, 9.17) is 9.47 Å². The van der Waals surface area contributed by atoms with Crippen LogP contribution in [0.5, 0.6) is 17.2 Å². The molecular formula is C23H24ClNO2. The molecule has 1 aliphatic rings. The Morgan fingerprint density at radius 2 is 1.33 bits per heavy atom. The molecule has 3 aromatic carbocycles. The second-order valence-electron chi connectivity index (χ2n) is 6.57. The largest absolute Gasteiger partial charge is 0.492 e. The lowest BCUT2D eigenvalue weighted by Gasteiger charge is -2.12. The van der Waals surface area contributed by atoms with Crippen LogP contribution >= 0.6 is 12.4 Å². The van der Waals surface area contributed by atoms with E-state index in [0.717, 1.165) is 30.4 Å². The molecule has 0 unspecified atom stereocenters. The number of hydrogen-bond donors (Lipinski definition) is 1. The Hall–Kier alpha value is -2.49. The number of rotatable bonds is 6. The normalized spacial score (nSPS) is 15.8. The summed E-state index contributed by atoms with van der Waals surface area (Å²) in [5.41, 5.74) is 2.39. The van der Waals surface area contributed by atoms with Crippen molar-refractivity contribution in [3.63, 3.8) is 0 Å². The zero-order valence-corrected chi connectivity index (χ0v) is 16.0. The van der Waals surface area contributed by atoms with E-state index in [9.17, 15) is 0 Å². The first-order valence-corrected chi connectivity index (χ1v) is 9.16. The highest BCUT2D eigenvalue weighted by Crippen LogP contribution is 2.27. The summed E-state index contributed by atoms with van der Waals surface area (Å²) < 4.78 is 11.8. The van der Waals surface area contributed by atoms with Crippen molar-refractivity contribution in [1.82, 2.24) is 5.32 Å². The average molecular weight is 382 g/mol. The van der Waals surface area contributed by atoms with E-state index >= 15 is 0 Å². The van der Waals surface area contributed by atoms with E-state index in [2.05, 4.69) is 29.6 Å². The molecule has 1 aliphatic heterocycles. The lowest BCUT2D eigenvalue weighted by atomic mass is 10.1. The van der Waals surface area contributed by atoms with Gasteiger partial charge in [0.25, 0.3) is 0 Å². The Balaban J connectivity index is 0.00000210. The second kappa shape index (κ2) is 9.45. The predicted octanol–water partition coefficient (Wildman–Crippen LogP) is 5.70. The third kappa shape index (κ3) is 5.25. The van der Waals surface area contributed by atoms with Gasteiger partial charge in [-0.05, 0) is 66.9 Å². The molecule has 1 fully saturated rings. The Bertz CT molecular complexity index is 813. The van der Waals surface area contributed by atoms with Gasteiger partial charge in [0.15, 0.2) is 0 Å². The third-order valence-electron chi connectivity index (χ3n) is 4.63. The summed E-state index contributed by atoms with van der Waals surface area (Å²) in [4.78, 5) is 0. The first-order valence-electron chi connectivity index (χ1n) is 9.16. The maximum Gasteiger partial charge on any atom is 0.127 e. The van der Waals surface area contributed by atoms with E-state index in [1.807, 2.05) is 54.6 Å². The quantitative estimate of drug-likeness (QED) is 0.594. The van der Waals surface area contributed by atoms with E-state index in [1.165, 1.54) is 24.0 Å². The monoisotopic (exact) mass is 381 g/mol. The van der Waals surface area contributed by atoms with Crippen LogP contribution in [0.4, 0.5) is 0 Å². The number of nitrogens with one attached hydrogen (secondary N) is 1. The van der Waals surface area contributed by atoms with E-state index in [0.29, 0.717) is 6.04 Å². The van der Waals surface area contributed by atoms with E-state index in [-0.39, 0.29) is 12.4 Å². The summed E-state index contributed by atoms with van der Waals surface area (Å²) in [6, 6.07) is 26.8. The van der Waals surface area contributed by atoms with Gasteiger partial charge in [-0.2, -0.15) is 0 Å². The van der Waals surface area contributed by atoms with Crippen molar-refractivity contribution in [1.29, 1.82) is 0 Å². The van der Waals surface area contributed by atoms with Crippen LogP contribution in [0.1, 0.15) is 12.8 Å². The highest BCUT2D eigenvalue weighted by molar-refractivity contribution is 5.85. The summed E-state index contributed by atoms with van der Waals surface area (Å²) >= 11 is 0. The minimum absolute atomic E-state index is 0. The summed E-state index contributed by atoms with van der Waals surface area (Å²) in [6.07, 6.45) is 2.43. The first-order chi connectivity index (χ1) is 12.9. The van der Waals surface area contributed by atoms with Crippen molar-refractivity contribution in [2.45, 2.75) is 18.9 Å². The van der Waals surface area contributed by atoms with Gasteiger partial charge in [-0.3, -0.25) is 0 Å². The van der Waals surface area contributed by atoms with E-state index in [1.54, 1.807) is 0 Å². The molecule has 1 saturated heterocycles. The van der Waals surface area contributed by atoms with Gasteiger partial charge in [-0.1, -0.05) is 42.5 Å². The van der Waals surface area contributed by atoms with Crippen LogP contribution in [0.3, 0.4) is 0 Å². The number of halogens is 1. The first kappa shape index (κ1) is 19.3. The smallest absolute Gasteiger partial charge is 0.127 e. The molecule has 27 heavy (non-hydrogen) atoms. The lowest BCUT2D eigenvalue weighted by Crippen LogP contribution is -2.28. The van der Waals surface area contributed by atoms with Crippen molar-refractivity contribution in [3.05, 3.63) is 78.9 Å². The molecule has 4 rings (SSSR count). The van der Waals surface area contributed by atoms with Crippen LogP contribution in [0.25, 0.3) is 11.1 Å². The highest BCUT2D eigenvalue weighted by atomic mass is 35.5. The Morgan fingerprint density at radius 1 is 0.741 bits per heavy atom. The summed E-state index contributed by atoms with van der Waals surface area (Å²) in [7, 11) is 0. The van der Waals surface area contributed by atoms with Crippen LogP contribution in [0, 0.1) is 0 Å². The highest BCUT2D eigenvalue weighted by Gasteiger charge is 2.14. The maximum atomic E-state index is 5.93. The molecule has 4 heteroatoms. The van der Waals surface area contributed by atoms with Gasteiger partial charge in [0.1, 0.15) is 23.9 Å². The fourth-order valence-corrected chi connectivity index (χ4v) is 3.18. The molecule has 0 aromatic heterocycles. The molecule has 3 aromatic rings. The van der Waals surface area contributed by atoms with Gasteiger partial charge >= 0.3 is 0 Å². The van der Waals surface area contributed by atoms with Gasteiger partial charge < -0.3 is 14.8 Å².